The van der Waals surface area contributed by atoms with E-state index in [1.165, 1.54) is 17.6 Å². The minimum Gasteiger partial charge on any atom is -0.479 e. The molecule has 1 N–H and O–H groups in total. The lowest BCUT2D eigenvalue weighted by Crippen LogP contribution is -2.46. The number of carboxylic acid groups (broad SMARTS) is 1. The Balaban J connectivity index is 2.09. The van der Waals surface area contributed by atoms with Gasteiger partial charge in [0.05, 0.1) is 0 Å². The topological polar surface area (TPSA) is 46.5 Å². The standard InChI is InChI=1S/C23H36O3Si/c1-22(2,3)27(6,7)26-20(21(24)25)16-17-8-10-18(11-9-17)19-12-14-23(4,5)15-13-19/h8-12,20H,13-16H2,1-7H3,(H,24,25)/t20-/m1/s1. The Morgan fingerprint density at radius 2 is 1.81 bits per heavy atom. The third-order valence-corrected chi connectivity index (χ3v) is 10.7. The van der Waals surface area contributed by atoms with Gasteiger partial charge in [-0.15, -0.1) is 0 Å². The third-order valence-electron chi connectivity index (χ3n) is 6.24. The van der Waals surface area contributed by atoms with E-state index in [0.717, 1.165) is 18.4 Å². The quantitative estimate of drug-likeness (QED) is 0.582. The zero-order valence-corrected chi connectivity index (χ0v) is 19.1. The van der Waals surface area contributed by atoms with Crippen molar-refractivity contribution in [2.24, 2.45) is 5.41 Å². The van der Waals surface area contributed by atoms with Gasteiger partial charge in [0, 0.05) is 6.42 Å². The summed E-state index contributed by atoms with van der Waals surface area (Å²) in [5.41, 5.74) is 4.08. The van der Waals surface area contributed by atoms with Crippen LogP contribution < -0.4 is 0 Å². The second-order valence-electron chi connectivity index (χ2n) is 10.2. The van der Waals surface area contributed by atoms with Gasteiger partial charge in [0.15, 0.2) is 8.32 Å². The molecule has 0 aliphatic heterocycles. The molecular weight excluding hydrogens is 352 g/mol. The van der Waals surface area contributed by atoms with E-state index in [9.17, 15) is 9.90 Å². The molecule has 3 nitrogen and oxygen atoms in total. The molecule has 0 amide bonds. The van der Waals surface area contributed by atoms with Crippen LogP contribution in [0.5, 0.6) is 0 Å². The van der Waals surface area contributed by atoms with Crippen LogP contribution in [-0.4, -0.2) is 25.5 Å². The summed E-state index contributed by atoms with van der Waals surface area (Å²) in [7, 11) is -2.13. The first-order valence-electron chi connectivity index (χ1n) is 10.00. The van der Waals surface area contributed by atoms with Crippen molar-refractivity contribution in [3.8, 4) is 0 Å². The van der Waals surface area contributed by atoms with Gasteiger partial charge in [0.1, 0.15) is 6.10 Å². The first-order chi connectivity index (χ1) is 12.3. The molecule has 0 aromatic heterocycles. The fourth-order valence-electron chi connectivity index (χ4n) is 3.12. The first kappa shape index (κ1) is 21.9. The fraction of sp³-hybridized carbons (Fsp3) is 0.609. The SMILES string of the molecule is CC1(C)CC=C(c2ccc(C[C@@H](O[Si](C)(C)C(C)(C)C)C(=O)O)cc2)CC1. The van der Waals surface area contributed by atoms with Crippen molar-refractivity contribution in [1.29, 1.82) is 0 Å². The maximum atomic E-state index is 11.8. The van der Waals surface area contributed by atoms with Crippen molar-refractivity contribution in [2.45, 2.75) is 84.5 Å². The van der Waals surface area contributed by atoms with Gasteiger partial charge in [-0.05, 0) is 59.5 Å². The Morgan fingerprint density at radius 1 is 1.22 bits per heavy atom. The minimum absolute atomic E-state index is 0.00814. The molecule has 0 spiro atoms. The molecule has 0 unspecified atom stereocenters. The van der Waals surface area contributed by atoms with Crippen molar-refractivity contribution in [2.75, 3.05) is 0 Å². The number of benzene rings is 1. The molecule has 0 bridgehead atoms. The van der Waals surface area contributed by atoms with Crippen LogP contribution in [0, 0.1) is 5.41 Å². The minimum atomic E-state index is -2.13. The van der Waals surface area contributed by atoms with Crippen LogP contribution in [0.15, 0.2) is 30.3 Å². The van der Waals surface area contributed by atoms with Gasteiger partial charge in [-0.25, -0.2) is 4.79 Å². The van der Waals surface area contributed by atoms with E-state index in [4.69, 9.17) is 4.43 Å². The molecule has 1 aromatic rings. The summed E-state index contributed by atoms with van der Waals surface area (Å²) in [4.78, 5) is 11.8. The van der Waals surface area contributed by atoms with E-state index < -0.39 is 20.4 Å². The van der Waals surface area contributed by atoms with Gasteiger partial charge in [0.2, 0.25) is 0 Å². The number of carboxylic acids is 1. The molecule has 2 rings (SSSR count). The van der Waals surface area contributed by atoms with Crippen LogP contribution in [-0.2, 0) is 15.6 Å². The average molecular weight is 389 g/mol. The Hall–Kier alpha value is -1.39. The Labute approximate surface area is 166 Å². The third kappa shape index (κ3) is 5.79. The van der Waals surface area contributed by atoms with Crippen LogP contribution >= 0.6 is 0 Å². The molecule has 27 heavy (non-hydrogen) atoms. The summed E-state index contributed by atoms with van der Waals surface area (Å²) in [5, 5.41) is 9.65. The van der Waals surface area contributed by atoms with Crippen molar-refractivity contribution in [3.63, 3.8) is 0 Å². The molecule has 0 fully saturated rings. The maximum absolute atomic E-state index is 11.8. The highest BCUT2D eigenvalue weighted by molar-refractivity contribution is 6.74. The number of hydrogen-bond acceptors (Lipinski definition) is 2. The van der Waals surface area contributed by atoms with Crippen molar-refractivity contribution in [1.82, 2.24) is 0 Å². The molecule has 1 aromatic carbocycles. The fourth-order valence-corrected chi connectivity index (χ4v) is 4.37. The van der Waals surface area contributed by atoms with Crippen LogP contribution in [0.1, 0.15) is 65.0 Å². The van der Waals surface area contributed by atoms with Crippen LogP contribution in [0.3, 0.4) is 0 Å². The van der Waals surface area contributed by atoms with Crippen LogP contribution in [0.25, 0.3) is 5.57 Å². The number of hydrogen-bond donors (Lipinski definition) is 1. The Bertz CT molecular complexity index is 693. The van der Waals surface area contributed by atoms with E-state index in [-0.39, 0.29) is 5.04 Å². The lowest BCUT2D eigenvalue weighted by atomic mass is 9.77. The van der Waals surface area contributed by atoms with E-state index >= 15 is 0 Å². The second-order valence-corrected chi connectivity index (χ2v) is 15.0. The van der Waals surface area contributed by atoms with E-state index in [0.29, 0.717) is 11.8 Å². The highest BCUT2D eigenvalue weighted by atomic mass is 28.4. The molecule has 1 aliphatic rings. The summed E-state index contributed by atoms with van der Waals surface area (Å²) in [6.07, 6.45) is 5.42. The zero-order valence-electron chi connectivity index (χ0n) is 18.1. The number of rotatable bonds is 6. The van der Waals surface area contributed by atoms with Crippen LogP contribution in [0.4, 0.5) is 0 Å². The Morgan fingerprint density at radius 3 is 2.26 bits per heavy atom. The van der Waals surface area contributed by atoms with Gasteiger partial charge < -0.3 is 9.53 Å². The maximum Gasteiger partial charge on any atom is 0.331 e. The predicted octanol–water partition coefficient (Wildman–Crippen LogP) is 6.30. The van der Waals surface area contributed by atoms with Gasteiger partial charge in [-0.1, -0.05) is 65.0 Å². The summed E-state index contributed by atoms with van der Waals surface area (Å²) in [5.74, 6) is -0.874. The normalized spacial score (nSPS) is 18.7. The molecule has 0 radical (unpaired) electrons. The smallest absolute Gasteiger partial charge is 0.331 e. The van der Waals surface area contributed by atoms with E-state index in [1.807, 2.05) is 0 Å². The van der Waals surface area contributed by atoms with E-state index in [1.54, 1.807) is 0 Å². The summed E-state index contributed by atoms with van der Waals surface area (Å²) < 4.78 is 6.17. The number of carbonyl (C=O) groups is 1. The monoisotopic (exact) mass is 388 g/mol. The highest BCUT2D eigenvalue weighted by Crippen LogP contribution is 2.39. The predicted molar refractivity (Wildman–Crippen MR) is 115 cm³/mol. The molecular formula is C23H36O3Si. The molecule has 4 heteroatoms. The highest BCUT2D eigenvalue weighted by Gasteiger charge is 2.40. The number of allylic oxidation sites excluding steroid dienone is 2. The van der Waals surface area contributed by atoms with Crippen LogP contribution in [0.2, 0.25) is 18.1 Å². The van der Waals surface area contributed by atoms with Crippen molar-refractivity contribution < 1.29 is 14.3 Å². The zero-order chi connectivity index (χ0) is 20.5. The molecule has 0 heterocycles. The van der Waals surface area contributed by atoms with Gasteiger partial charge in [-0.2, -0.15) is 0 Å². The van der Waals surface area contributed by atoms with Gasteiger partial charge >= 0.3 is 5.97 Å². The van der Waals surface area contributed by atoms with Gasteiger partial charge in [0.25, 0.3) is 0 Å². The lowest BCUT2D eigenvalue weighted by Gasteiger charge is -2.38. The molecule has 150 valence electrons. The largest absolute Gasteiger partial charge is 0.479 e. The van der Waals surface area contributed by atoms with Crippen molar-refractivity contribution in [3.05, 3.63) is 41.5 Å². The van der Waals surface area contributed by atoms with Gasteiger partial charge in [-0.3, -0.25) is 0 Å². The first-order valence-corrected chi connectivity index (χ1v) is 12.9. The molecule has 1 aliphatic carbocycles. The molecule has 1 atom stereocenters. The van der Waals surface area contributed by atoms with Crippen molar-refractivity contribution >= 4 is 19.9 Å². The summed E-state index contributed by atoms with van der Waals surface area (Å²) >= 11 is 0. The summed E-state index contributed by atoms with van der Waals surface area (Å²) in [6.45, 7) is 15.2. The second kappa shape index (κ2) is 7.92. The average Bonchev–Trinajstić information content (AvgIpc) is 2.54. The summed E-state index contributed by atoms with van der Waals surface area (Å²) in [6, 6.07) is 8.37. The molecule has 0 saturated heterocycles. The molecule has 0 saturated carbocycles. The number of aliphatic carboxylic acids is 1. The lowest BCUT2D eigenvalue weighted by molar-refractivity contribution is -0.145. The Kier molecular flexibility index (Phi) is 6.43. The van der Waals surface area contributed by atoms with E-state index in [2.05, 4.69) is 78.1 Å².